The lowest BCUT2D eigenvalue weighted by atomic mass is 10.1. The van der Waals surface area contributed by atoms with Gasteiger partial charge >= 0.3 is 0 Å². The molecule has 0 saturated carbocycles. The summed E-state index contributed by atoms with van der Waals surface area (Å²) < 4.78 is 1.04. The predicted molar refractivity (Wildman–Crippen MR) is 80.7 cm³/mol. The fourth-order valence-corrected chi connectivity index (χ4v) is 2.00. The third-order valence-electron chi connectivity index (χ3n) is 3.23. The molecule has 2 aromatic rings. The summed E-state index contributed by atoms with van der Waals surface area (Å²) in [7, 11) is 2.04. The van der Waals surface area contributed by atoms with Crippen LogP contribution in [0.1, 0.15) is 16.8 Å². The summed E-state index contributed by atoms with van der Waals surface area (Å²) >= 11 is 3.47. The number of rotatable bonds is 2. The molecule has 18 heavy (non-hydrogen) atoms. The zero-order valence-electron chi connectivity index (χ0n) is 11.2. The molecule has 1 aromatic carbocycles. The Morgan fingerprint density at radius 2 is 1.72 bits per heavy atom. The van der Waals surface area contributed by atoms with Crippen LogP contribution in [0, 0.1) is 20.8 Å². The third-order valence-corrected chi connectivity index (χ3v) is 4.07. The van der Waals surface area contributed by atoms with Crippen molar-refractivity contribution in [2.24, 2.45) is 0 Å². The molecule has 0 aliphatic rings. The molecule has 0 atom stereocenters. The second kappa shape index (κ2) is 5.11. The highest BCUT2D eigenvalue weighted by Crippen LogP contribution is 2.26. The van der Waals surface area contributed by atoms with E-state index in [9.17, 15) is 0 Å². The van der Waals surface area contributed by atoms with Crippen molar-refractivity contribution in [3.05, 3.63) is 51.6 Å². The van der Waals surface area contributed by atoms with Gasteiger partial charge in [-0.2, -0.15) is 0 Å². The molecule has 94 valence electrons. The highest BCUT2D eigenvalue weighted by Gasteiger charge is 2.07. The quantitative estimate of drug-likeness (QED) is 0.810. The van der Waals surface area contributed by atoms with Gasteiger partial charge in [-0.3, -0.25) is 0 Å². The van der Waals surface area contributed by atoms with Gasteiger partial charge in [-0.15, -0.1) is 0 Å². The van der Waals surface area contributed by atoms with Gasteiger partial charge in [-0.1, -0.05) is 6.07 Å². The van der Waals surface area contributed by atoms with Crippen LogP contribution in [0.4, 0.5) is 11.5 Å². The average molecular weight is 305 g/mol. The minimum atomic E-state index is 0.957. The van der Waals surface area contributed by atoms with Gasteiger partial charge in [0.1, 0.15) is 5.82 Å². The van der Waals surface area contributed by atoms with Gasteiger partial charge in [0.2, 0.25) is 0 Å². The molecule has 0 aliphatic heterocycles. The van der Waals surface area contributed by atoms with Crippen molar-refractivity contribution in [2.75, 3.05) is 11.9 Å². The van der Waals surface area contributed by atoms with Crippen molar-refractivity contribution in [3.8, 4) is 0 Å². The smallest absolute Gasteiger partial charge is 0.133 e. The van der Waals surface area contributed by atoms with Crippen LogP contribution in [0.25, 0.3) is 0 Å². The summed E-state index contributed by atoms with van der Waals surface area (Å²) in [5, 5.41) is 0. The molecule has 1 aromatic heterocycles. The maximum atomic E-state index is 4.58. The number of hydrogen-bond acceptors (Lipinski definition) is 2. The monoisotopic (exact) mass is 304 g/mol. The van der Waals surface area contributed by atoms with Gasteiger partial charge in [0.05, 0.1) is 5.69 Å². The maximum absolute atomic E-state index is 4.58. The van der Waals surface area contributed by atoms with E-state index < -0.39 is 0 Å². The second-order valence-corrected chi connectivity index (χ2v) is 5.42. The van der Waals surface area contributed by atoms with Gasteiger partial charge in [0.15, 0.2) is 0 Å². The summed E-state index contributed by atoms with van der Waals surface area (Å²) in [5.41, 5.74) is 4.77. The normalized spacial score (nSPS) is 10.5. The molecule has 0 bridgehead atoms. The lowest BCUT2D eigenvalue weighted by molar-refractivity contribution is 1.08. The van der Waals surface area contributed by atoms with Gasteiger partial charge < -0.3 is 4.90 Å². The van der Waals surface area contributed by atoms with Crippen molar-refractivity contribution in [1.82, 2.24) is 4.98 Å². The molecule has 0 radical (unpaired) electrons. The first-order valence-corrected chi connectivity index (χ1v) is 6.72. The topological polar surface area (TPSA) is 16.1 Å². The van der Waals surface area contributed by atoms with Crippen LogP contribution in [0.15, 0.2) is 34.8 Å². The maximum Gasteiger partial charge on any atom is 0.133 e. The molecule has 2 nitrogen and oxygen atoms in total. The van der Waals surface area contributed by atoms with E-state index in [1.807, 2.05) is 26.1 Å². The molecule has 2 rings (SSSR count). The predicted octanol–water partition coefficient (Wildman–Crippen LogP) is 4.54. The van der Waals surface area contributed by atoms with Crippen molar-refractivity contribution in [2.45, 2.75) is 20.8 Å². The molecule has 0 saturated heterocycles. The van der Waals surface area contributed by atoms with Crippen LogP contribution in [0.5, 0.6) is 0 Å². The zero-order valence-corrected chi connectivity index (χ0v) is 12.7. The number of benzene rings is 1. The van der Waals surface area contributed by atoms with Crippen LogP contribution >= 0.6 is 15.9 Å². The van der Waals surface area contributed by atoms with Gasteiger partial charge in [0.25, 0.3) is 0 Å². The number of pyridine rings is 1. The molecule has 0 aliphatic carbocycles. The van der Waals surface area contributed by atoms with E-state index in [4.69, 9.17) is 0 Å². The van der Waals surface area contributed by atoms with Crippen molar-refractivity contribution >= 4 is 27.4 Å². The van der Waals surface area contributed by atoms with Crippen molar-refractivity contribution in [3.63, 3.8) is 0 Å². The van der Waals surface area contributed by atoms with Crippen LogP contribution in [-0.4, -0.2) is 12.0 Å². The summed E-state index contributed by atoms with van der Waals surface area (Å²) in [5.74, 6) is 0.957. The van der Waals surface area contributed by atoms with E-state index in [1.165, 1.54) is 11.1 Å². The van der Waals surface area contributed by atoms with E-state index in [-0.39, 0.29) is 0 Å². The van der Waals surface area contributed by atoms with E-state index >= 15 is 0 Å². The van der Waals surface area contributed by atoms with Gasteiger partial charge in [-0.05, 0) is 72.1 Å². The summed E-state index contributed by atoms with van der Waals surface area (Å²) in [4.78, 5) is 6.68. The Bertz CT molecular complexity index is 527. The molecular formula is C15H17BrN2. The first kappa shape index (κ1) is 13.1. The Labute approximate surface area is 117 Å². The molecule has 1 heterocycles. The van der Waals surface area contributed by atoms with E-state index in [2.05, 4.69) is 57.9 Å². The minimum absolute atomic E-state index is 0.957. The highest BCUT2D eigenvalue weighted by molar-refractivity contribution is 9.10. The van der Waals surface area contributed by atoms with Gasteiger partial charge in [-0.25, -0.2) is 4.98 Å². The molecule has 0 spiro atoms. The number of aryl methyl sites for hydroxylation is 3. The Kier molecular flexibility index (Phi) is 3.71. The Morgan fingerprint density at radius 3 is 2.33 bits per heavy atom. The second-order valence-electron chi connectivity index (χ2n) is 4.56. The summed E-state index contributed by atoms with van der Waals surface area (Å²) in [6.45, 7) is 6.26. The first-order valence-electron chi connectivity index (χ1n) is 5.93. The average Bonchev–Trinajstić information content (AvgIpc) is 2.35. The molecule has 0 unspecified atom stereocenters. The number of aromatic nitrogens is 1. The first-order chi connectivity index (χ1) is 8.49. The van der Waals surface area contributed by atoms with E-state index in [1.54, 1.807) is 0 Å². The Morgan fingerprint density at radius 1 is 1.00 bits per heavy atom. The van der Waals surface area contributed by atoms with Crippen LogP contribution in [-0.2, 0) is 0 Å². The largest absolute Gasteiger partial charge is 0.329 e. The van der Waals surface area contributed by atoms with Crippen LogP contribution < -0.4 is 4.90 Å². The molecule has 0 fully saturated rings. The Hall–Kier alpha value is -1.35. The lowest BCUT2D eigenvalue weighted by Gasteiger charge is -2.20. The van der Waals surface area contributed by atoms with Crippen molar-refractivity contribution < 1.29 is 0 Å². The Balaban J connectivity index is 2.37. The SMILES string of the molecule is Cc1ccc(N(C)c2ccc(Br)c(C)n2)cc1C. The standard InChI is InChI=1S/C15H17BrN2/c1-10-5-6-13(9-11(10)2)18(4)15-8-7-14(16)12(3)17-15/h5-9H,1-4H3. The van der Waals surface area contributed by atoms with Crippen LogP contribution in [0.3, 0.4) is 0 Å². The molecular weight excluding hydrogens is 288 g/mol. The summed E-state index contributed by atoms with van der Waals surface area (Å²) in [6.07, 6.45) is 0. The van der Waals surface area contributed by atoms with Crippen molar-refractivity contribution in [1.29, 1.82) is 0 Å². The van der Waals surface area contributed by atoms with E-state index in [0.717, 1.165) is 21.7 Å². The zero-order chi connectivity index (χ0) is 13.3. The van der Waals surface area contributed by atoms with E-state index in [0.29, 0.717) is 0 Å². The fraction of sp³-hybridized carbons (Fsp3) is 0.267. The molecule has 3 heteroatoms. The minimum Gasteiger partial charge on any atom is -0.329 e. The number of hydrogen-bond donors (Lipinski definition) is 0. The molecule has 0 N–H and O–H groups in total. The highest BCUT2D eigenvalue weighted by atomic mass is 79.9. The molecule has 0 amide bonds. The third kappa shape index (κ3) is 2.56. The summed E-state index contributed by atoms with van der Waals surface area (Å²) in [6, 6.07) is 10.5. The lowest BCUT2D eigenvalue weighted by Crippen LogP contribution is -2.11. The number of anilines is 2. The van der Waals surface area contributed by atoms with Crippen LogP contribution in [0.2, 0.25) is 0 Å². The fourth-order valence-electron chi connectivity index (χ4n) is 1.78. The number of nitrogens with zero attached hydrogens (tertiary/aromatic N) is 2. The number of halogens is 1. The van der Waals surface area contributed by atoms with Gasteiger partial charge in [0, 0.05) is 17.2 Å².